The fourth-order valence-corrected chi connectivity index (χ4v) is 1.76. The average molecular weight is 132 g/mol. The molecule has 0 aromatic rings. The Hall–Kier alpha value is 0.270. The Labute approximate surface area is 54.1 Å². The molecule has 0 aliphatic heterocycles. The van der Waals surface area contributed by atoms with Gasteiger partial charge in [-0.1, -0.05) is 18.4 Å². The first-order chi connectivity index (χ1) is 3.84. The van der Waals surface area contributed by atoms with Gasteiger partial charge in [-0.05, 0) is 12.8 Å². The zero-order valence-corrected chi connectivity index (χ0v) is 5.66. The highest BCUT2D eigenvalue weighted by Gasteiger charge is 2.22. The number of rotatable bonds is 1. The van der Waals surface area contributed by atoms with Gasteiger partial charge in [0.1, 0.15) is 0 Å². The largest absolute Gasteiger partial charge is 0.327 e. The van der Waals surface area contributed by atoms with Crippen molar-refractivity contribution in [3.63, 3.8) is 0 Å². The third kappa shape index (κ3) is 1.16. The van der Waals surface area contributed by atoms with E-state index in [1.807, 2.05) is 0 Å². The van der Waals surface area contributed by atoms with Crippen molar-refractivity contribution in [2.45, 2.75) is 30.6 Å². The SMILES string of the molecule is NSC1CCCC1N. The Morgan fingerprint density at radius 2 is 2.12 bits per heavy atom. The van der Waals surface area contributed by atoms with Crippen molar-refractivity contribution >= 4 is 11.9 Å². The molecule has 0 saturated heterocycles. The molecule has 0 spiro atoms. The normalized spacial score (nSPS) is 38.2. The van der Waals surface area contributed by atoms with Crippen molar-refractivity contribution < 1.29 is 0 Å². The first-order valence-electron chi connectivity index (χ1n) is 2.95. The standard InChI is InChI=1S/C5H12N2S/c6-4-2-1-3-5(4)8-7/h4-5H,1-3,6-7H2. The smallest absolute Gasteiger partial charge is 0.0342 e. The highest BCUT2D eigenvalue weighted by Crippen LogP contribution is 2.24. The van der Waals surface area contributed by atoms with Gasteiger partial charge in [-0.25, -0.2) is 0 Å². The van der Waals surface area contributed by atoms with Gasteiger partial charge in [0.15, 0.2) is 0 Å². The molecule has 0 bridgehead atoms. The van der Waals surface area contributed by atoms with Crippen LogP contribution in [0.3, 0.4) is 0 Å². The van der Waals surface area contributed by atoms with E-state index in [2.05, 4.69) is 0 Å². The van der Waals surface area contributed by atoms with Crippen LogP contribution in [0.2, 0.25) is 0 Å². The molecule has 1 fully saturated rings. The molecule has 0 amide bonds. The number of hydrogen-bond donors (Lipinski definition) is 2. The summed E-state index contributed by atoms with van der Waals surface area (Å²) in [6.45, 7) is 0. The lowest BCUT2D eigenvalue weighted by atomic mass is 10.3. The Kier molecular flexibility index (Phi) is 2.16. The summed E-state index contributed by atoms with van der Waals surface area (Å²) < 4.78 is 0. The van der Waals surface area contributed by atoms with Gasteiger partial charge in [0.05, 0.1) is 0 Å². The molecule has 1 rings (SSSR count). The summed E-state index contributed by atoms with van der Waals surface area (Å²) in [6.07, 6.45) is 3.63. The summed E-state index contributed by atoms with van der Waals surface area (Å²) in [7, 11) is 0. The van der Waals surface area contributed by atoms with Gasteiger partial charge in [0.2, 0.25) is 0 Å². The van der Waals surface area contributed by atoms with Crippen LogP contribution >= 0.6 is 11.9 Å². The Morgan fingerprint density at radius 3 is 2.38 bits per heavy atom. The minimum Gasteiger partial charge on any atom is -0.327 e. The molecular formula is C5H12N2S. The van der Waals surface area contributed by atoms with Crippen LogP contribution in [0.25, 0.3) is 0 Å². The van der Waals surface area contributed by atoms with Gasteiger partial charge in [-0.3, -0.25) is 5.14 Å². The molecule has 1 aliphatic rings. The highest BCUT2D eigenvalue weighted by atomic mass is 32.2. The minimum atomic E-state index is 0.366. The summed E-state index contributed by atoms with van der Waals surface area (Å²) in [5.41, 5.74) is 5.69. The lowest BCUT2D eigenvalue weighted by molar-refractivity contribution is 0.716. The second kappa shape index (κ2) is 2.71. The van der Waals surface area contributed by atoms with Crippen molar-refractivity contribution in [2.75, 3.05) is 0 Å². The molecular weight excluding hydrogens is 120 g/mol. The van der Waals surface area contributed by atoms with Gasteiger partial charge in [-0.15, -0.1) is 0 Å². The molecule has 3 heteroatoms. The van der Waals surface area contributed by atoms with Crippen molar-refractivity contribution in [1.82, 2.24) is 0 Å². The van der Waals surface area contributed by atoms with E-state index in [0.717, 1.165) is 6.42 Å². The van der Waals surface area contributed by atoms with Crippen LogP contribution in [0.1, 0.15) is 19.3 Å². The summed E-state index contributed by atoms with van der Waals surface area (Å²) in [6, 6.07) is 0.366. The average Bonchev–Trinajstić information content (AvgIpc) is 2.14. The van der Waals surface area contributed by atoms with Crippen molar-refractivity contribution in [1.29, 1.82) is 0 Å². The monoisotopic (exact) mass is 132 g/mol. The lowest BCUT2D eigenvalue weighted by Gasteiger charge is -2.09. The van der Waals surface area contributed by atoms with Crippen LogP contribution in [0.15, 0.2) is 0 Å². The molecule has 0 aromatic carbocycles. The van der Waals surface area contributed by atoms with Crippen molar-refractivity contribution in [3.8, 4) is 0 Å². The van der Waals surface area contributed by atoms with Crippen LogP contribution in [-0.2, 0) is 0 Å². The fourth-order valence-electron chi connectivity index (χ4n) is 1.12. The van der Waals surface area contributed by atoms with Crippen LogP contribution in [-0.4, -0.2) is 11.3 Å². The maximum atomic E-state index is 5.69. The van der Waals surface area contributed by atoms with Gasteiger partial charge >= 0.3 is 0 Å². The molecule has 0 aromatic heterocycles. The van der Waals surface area contributed by atoms with E-state index in [4.69, 9.17) is 10.9 Å². The maximum Gasteiger partial charge on any atom is 0.0342 e. The Balaban J connectivity index is 2.30. The Bertz CT molecular complexity index is 76.8. The molecule has 48 valence electrons. The zero-order valence-electron chi connectivity index (χ0n) is 4.84. The number of nitrogens with two attached hydrogens (primary N) is 2. The molecule has 8 heavy (non-hydrogen) atoms. The number of hydrogen-bond acceptors (Lipinski definition) is 3. The zero-order chi connectivity index (χ0) is 5.98. The fraction of sp³-hybridized carbons (Fsp3) is 1.00. The predicted molar refractivity (Wildman–Crippen MR) is 37.4 cm³/mol. The minimum absolute atomic E-state index is 0.366. The predicted octanol–water partition coefficient (Wildman–Crippen LogP) is 0.473. The van der Waals surface area contributed by atoms with E-state index in [-0.39, 0.29) is 0 Å². The van der Waals surface area contributed by atoms with Gasteiger partial charge in [0.25, 0.3) is 0 Å². The molecule has 2 nitrogen and oxygen atoms in total. The van der Waals surface area contributed by atoms with Crippen LogP contribution in [0.4, 0.5) is 0 Å². The van der Waals surface area contributed by atoms with Crippen LogP contribution in [0, 0.1) is 0 Å². The van der Waals surface area contributed by atoms with Gasteiger partial charge < -0.3 is 5.73 Å². The third-order valence-corrected chi connectivity index (χ3v) is 2.61. The first-order valence-corrected chi connectivity index (χ1v) is 3.90. The van der Waals surface area contributed by atoms with Gasteiger partial charge in [-0.2, -0.15) is 0 Å². The molecule has 4 N–H and O–H groups in total. The van der Waals surface area contributed by atoms with Crippen molar-refractivity contribution in [3.05, 3.63) is 0 Å². The summed E-state index contributed by atoms with van der Waals surface area (Å²) in [4.78, 5) is 0. The molecule has 0 radical (unpaired) electrons. The van der Waals surface area contributed by atoms with Crippen molar-refractivity contribution in [2.24, 2.45) is 10.9 Å². The summed E-state index contributed by atoms with van der Waals surface area (Å²) in [5, 5.41) is 5.90. The van der Waals surface area contributed by atoms with E-state index in [0.29, 0.717) is 11.3 Å². The topological polar surface area (TPSA) is 52.0 Å². The molecule has 2 atom stereocenters. The van der Waals surface area contributed by atoms with E-state index < -0.39 is 0 Å². The van der Waals surface area contributed by atoms with Crippen LogP contribution < -0.4 is 10.9 Å². The molecule has 1 saturated carbocycles. The molecule has 2 unspecified atom stereocenters. The van der Waals surface area contributed by atoms with E-state index in [1.54, 1.807) is 0 Å². The van der Waals surface area contributed by atoms with Gasteiger partial charge in [0, 0.05) is 11.3 Å². The van der Waals surface area contributed by atoms with Crippen LogP contribution in [0.5, 0.6) is 0 Å². The Morgan fingerprint density at radius 1 is 1.38 bits per heavy atom. The molecule has 1 aliphatic carbocycles. The first kappa shape index (κ1) is 6.39. The highest BCUT2D eigenvalue weighted by molar-refractivity contribution is 7.97. The summed E-state index contributed by atoms with van der Waals surface area (Å²) >= 11 is 1.42. The molecule has 0 heterocycles. The van der Waals surface area contributed by atoms with E-state index >= 15 is 0 Å². The second-order valence-corrected chi connectivity index (χ2v) is 3.15. The van der Waals surface area contributed by atoms with E-state index in [1.165, 1.54) is 24.8 Å². The maximum absolute atomic E-state index is 5.69. The quantitative estimate of drug-likeness (QED) is 0.510. The summed E-state index contributed by atoms with van der Waals surface area (Å²) in [5.74, 6) is 0. The third-order valence-electron chi connectivity index (χ3n) is 1.68. The van der Waals surface area contributed by atoms with E-state index in [9.17, 15) is 0 Å². The second-order valence-electron chi connectivity index (χ2n) is 2.27. The lowest BCUT2D eigenvalue weighted by Crippen LogP contribution is -2.27.